The zero-order valence-electron chi connectivity index (χ0n) is 14.8. The van der Waals surface area contributed by atoms with E-state index >= 15 is 0 Å². The highest BCUT2D eigenvalue weighted by Gasteiger charge is 2.31. The molecule has 0 amide bonds. The van der Waals surface area contributed by atoms with Crippen molar-refractivity contribution in [3.8, 4) is 17.0 Å². The van der Waals surface area contributed by atoms with E-state index in [1.165, 1.54) is 11.3 Å². The number of hydrogen-bond donors (Lipinski definition) is 2. The van der Waals surface area contributed by atoms with E-state index in [-0.39, 0.29) is 18.1 Å². The van der Waals surface area contributed by atoms with Gasteiger partial charge in [0.05, 0.1) is 24.4 Å². The molecule has 2 N–H and O–H groups in total. The first-order valence-corrected chi connectivity index (χ1v) is 9.58. The van der Waals surface area contributed by atoms with Gasteiger partial charge in [-0.05, 0) is 31.2 Å². The molecule has 0 aliphatic carbocycles. The third kappa shape index (κ3) is 3.31. The summed E-state index contributed by atoms with van der Waals surface area (Å²) in [4.78, 5) is 6.41. The van der Waals surface area contributed by atoms with Crippen LogP contribution >= 0.6 is 11.3 Å². The second kappa shape index (κ2) is 7.25. The molecule has 5 nitrogen and oxygen atoms in total. The standard InChI is InChI=1S/C21H19N3O2S/c1-2-26-16-10-8-15(9-11-16)24-12-18(25)19(20(24)22)21-23-17(13-27-21)14-6-4-3-5-7-14/h3-11,13,22,25H,2,12H2,1H3. The molecule has 1 aliphatic rings. The fourth-order valence-electron chi connectivity index (χ4n) is 3.04. The predicted molar refractivity (Wildman–Crippen MR) is 110 cm³/mol. The van der Waals surface area contributed by atoms with Crippen LogP contribution in [0.3, 0.4) is 0 Å². The maximum atomic E-state index is 10.5. The Bertz CT molecular complexity index is 994. The third-order valence-electron chi connectivity index (χ3n) is 4.35. The van der Waals surface area contributed by atoms with Gasteiger partial charge in [0, 0.05) is 16.6 Å². The van der Waals surface area contributed by atoms with E-state index in [1.54, 1.807) is 4.90 Å². The fraction of sp³-hybridized carbons (Fsp3) is 0.143. The van der Waals surface area contributed by atoms with Gasteiger partial charge in [-0.1, -0.05) is 30.3 Å². The smallest absolute Gasteiger partial charge is 0.139 e. The Hall–Kier alpha value is -3.12. The first-order chi connectivity index (χ1) is 13.2. The van der Waals surface area contributed by atoms with E-state index < -0.39 is 0 Å². The number of ether oxygens (including phenoxy) is 1. The highest BCUT2D eigenvalue weighted by atomic mass is 32.1. The summed E-state index contributed by atoms with van der Waals surface area (Å²) in [5, 5.41) is 21.7. The average molecular weight is 377 g/mol. The zero-order chi connectivity index (χ0) is 18.8. The Morgan fingerprint density at radius 3 is 2.59 bits per heavy atom. The van der Waals surface area contributed by atoms with Gasteiger partial charge in [-0.25, -0.2) is 4.98 Å². The number of rotatable bonds is 5. The van der Waals surface area contributed by atoms with Crippen LogP contribution in [0.25, 0.3) is 16.8 Å². The van der Waals surface area contributed by atoms with E-state index in [1.807, 2.05) is 66.9 Å². The molecule has 6 heteroatoms. The molecule has 1 aromatic heterocycles. The minimum atomic E-state index is 0.169. The second-order valence-electron chi connectivity index (χ2n) is 6.09. The van der Waals surface area contributed by atoms with Gasteiger partial charge in [-0.15, -0.1) is 11.3 Å². The summed E-state index contributed by atoms with van der Waals surface area (Å²) in [6.45, 7) is 2.82. The van der Waals surface area contributed by atoms with Crippen molar-refractivity contribution in [2.45, 2.75) is 6.92 Å². The van der Waals surface area contributed by atoms with Crippen LogP contribution in [0.5, 0.6) is 5.75 Å². The molecule has 4 rings (SSSR count). The van der Waals surface area contributed by atoms with Crippen molar-refractivity contribution in [2.24, 2.45) is 0 Å². The second-order valence-corrected chi connectivity index (χ2v) is 6.95. The number of thiazole rings is 1. The van der Waals surface area contributed by atoms with Crippen LogP contribution in [-0.4, -0.2) is 29.1 Å². The Labute approximate surface area is 161 Å². The number of nitrogens with zero attached hydrogens (tertiary/aromatic N) is 2. The molecule has 136 valence electrons. The number of aliphatic hydroxyl groups is 1. The maximum Gasteiger partial charge on any atom is 0.139 e. The molecule has 0 radical (unpaired) electrons. The van der Waals surface area contributed by atoms with Crippen LogP contribution in [-0.2, 0) is 0 Å². The van der Waals surface area contributed by atoms with Crippen molar-refractivity contribution in [1.29, 1.82) is 5.41 Å². The van der Waals surface area contributed by atoms with Gasteiger partial charge in [0.1, 0.15) is 22.4 Å². The first kappa shape index (κ1) is 17.3. The lowest BCUT2D eigenvalue weighted by molar-refractivity contribution is 0.340. The summed E-state index contributed by atoms with van der Waals surface area (Å²) in [7, 11) is 0. The molecule has 27 heavy (non-hydrogen) atoms. The number of benzene rings is 2. The zero-order valence-corrected chi connectivity index (χ0v) is 15.7. The van der Waals surface area contributed by atoms with Crippen LogP contribution in [0, 0.1) is 5.41 Å². The molecule has 3 aromatic rings. The number of aliphatic hydroxyl groups excluding tert-OH is 1. The van der Waals surface area contributed by atoms with Crippen LogP contribution in [0.1, 0.15) is 11.9 Å². The van der Waals surface area contributed by atoms with E-state index in [2.05, 4.69) is 4.98 Å². The minimum absolute atomic E-state index is 0.169. The van der Waals surface area contributed by atoms with Gasteiger partial charge >= 0.3 is 0 Å². The van der Waals surface area contributed by atoms with Gasteiger partial charge in [-0.2, -0.15) is 0 Å². The van der Waals surface area contributed by atoms with Gasteiger partial charge < -0.3 is 14.7 Å². The monoisotopic (exact) mass is 377 g/mol. The van der Waals surface area contributed by atoms with Crippen LogP contribution in [0.2, 0.25) is 0 Å². The quantitative estimate of drug-likeness (QED) is 0.658. The Balaban J connectivity index is 1.59. The van der Waals surface area contributed by atoms with Crippen LogP contribution in [0.15, 0.2) is 65.7 Å². The fourth-order valence-corrected chi connectivity index (χ4v) is 3.94. The van der Waals surface area contributed by atoms with E-state index in [0.717, 1.165) is 22.7 Å². The molecular weight excluding hydrogens is 358 g/mol. The summed E-state index contributed by atoms with van der Waals surface area (Å²) < 4.78 is 5.47. The molecule has 0 saturated heterocycles. The predicted octanol–water partition coefficient (Wildman–Crippen LogP) is 4.98. The number of aromatic nitrogens is 1. The van der Waals surface area contributed by atoms with Crippen molar-refractivity contribution in [2.75, 3.05) is 18.1 Å². The number of nitrogens with one attached hydrogen (secondary N) is 1. The molecule has 0 unspecified atom stereocenters. The lowest BCUT2D eigenvalue weighted by Crippen LogP contribution is -2.25. The van der Waals surface area contributed by atoms with Crippen LogP contribution < -0.4 is 9.64 Å². The highest BCUT2D eigenvalue weighted by Crippen LogP contribution is 2.34. The molecule has 0 fully saturated rings. The van der Waals surface area contributed by atoms with Crippen molar-refractivity contribution in [3.05, 3.63) is 70.7 Å². The van der Waals surface area contributed by atoms with Gasteiger partial charge in [0.15, 0.2) is 0 Å². The Morgan fingerprint density at radius 1 is 1.15 bits per heavy atom. The molecule has 2 heterocycles. The van der Waals surface area contributed by atoms with Gasteiger partial charge in [-0.3, -0.25) is 5.41 Å². The van der Waals surface area contributed by atoms with Gasteiger partial charge in [0.2, 0.25) is 0 Å². The summed E-state index contributed by atoms with van der Waals surface area (Å²) in [6.07, 6.45) is 0. The summed E-state index contributed by atoms with van der Waals surface area (Å²) in [5.41, 5.74) is 3.21. The molecule has 0 saturated carbocycles. The van der Waals surface area contributed by atoms with E-state index in [4.69, 9.17) is 10.1 Å². The topological polar surface area (TPSA) is 69.4 Å². The minimum Gasteiger partial charge on any atom is -0.510 e. The van der Waals surface area contributed by atoms with Crippen molar-refractivity contribution in [3.63, 3.8) is 0 Å². The normalized spacial score (nSPS) is 14.1. The van der Waals surface area contributed by atoms with Crippen molar-refractivity contribution in [1.82, 2.24) is 4.98 Å². The Morgan fingerprint density at radius 2 is 1.89 bits per heavy atom. The molecule has 0 atom stereocenters. The third-order valence-corrected chi connectivity index (χ3v) is 5.21. The Kier molecular flexibility index (Phi) is 4.64. The number of amidine groups is 1. The van der Waals surface area contributed by atoms with E-state index in [0.29, 0.717) is 17.2 Å². The lowest BCUT2D eigenvalue weighted by Gasteiger charge is -2.19. The largest absolute Gasteiger partial charge is 0.510 e. The summed E-state index contributed by atoms with van der Waals surface area (Å²) in [6, 6.07) is 17.4. The van der Waals surface area contributed by atoms with Crippen molar-refractivity contribution < 1.29 is 9.84 Å². The average Bonchev–Trinajstić information content (AvgIpc) is 3.28. The van der Waals surface area contributed by atoms with Crippen molar-refractivity contribution >= 4 is 28.4 Å². The first-order valence-electron chi connectivity index (χ1n) is 8.70. The number of hydrogen-bond acceptors (Lipinski definition) is 5. The number of anilines is 1. The van der Waals surface area contributed by atoms with Gasteiger partial charge in [0.25, 0.3) is 0 Å². The molecule has 2 aromatic carbocycles. The van der Waals surface area contributed by atoms with E-state index in [9.17, 15) is 5.11 Å². The molecule has 0 bridgehead atoms. The summed E-state index contributed by atoms with van der Waals surface area (Å²) >= 11 is 1.44. The molecule has 0 spiro atoms. The molecule has 1 aliphatic heterocycles. The highest BCUT2D eigenvalue weighted by molar-refractivity contribution is 7.11. The van der Waals surface area contributed by atoms with Crippen LogP contribution in [0.4, 0.5) is 5.69 Å². The molecular formula is C21H19N3O2S. The lowest BCUT2D eigenvalue weighted by atomic mass is 10.2. The maximum absolute atomic E-state index is 10.5. The SMILES string of the molecule is CCOc1ccc(N2CC(O)=C(c3nc(-c4ccccc4)cs3)C2=N)cc1. The summed E-state index contributed by atoms with van der Waals surface area (Å²) in [5.74, 6) is 1.21.